The molecule has 0 amide bonds. The van der Waals surface area contributed by atoms with E-state index in [4.69, 9.17) is 4.74 Å². The molecule has 0 bridgehead atoms. The Morgan fingerprint density at radius 3 is 2.82 bits per heavy atom. The topological polar surface area (TPSA) is 67.6 Å². The average molecular weight is 376 g/mol. The zero-order valence-electron chi connectivity index (χ0n) is 15.9. The number of hydrogen-bond acceptors (Lipinski definition) is 4. The van der Waals surface area contributed by atoms with E-state index in [0.717, 1.165) is 36.9 Å². The molecule has 1 N–H and O–H groups in total. The molecular formula is C21H24N6O. The van der Waals surface area contributed by atoms with Crippen molar-refractivity contribution in [2.75, 3.05) is 20.1 Å². The minimum Gasteiger partial charge on any atom is -0.472 e. The van der Waals surface area contributed by atoms with Crippen molar-refractivity contribution in [3.05, 3.63) is 72.7 Å². The smallest absolute Gasteiger partial charge is 0.213 e. The first-order valence-corrected chi connectivity index (χ1v) is 9.45. The first kappa shape index (κ1) is 18.0. The molecule has 3 heterocycles. The van der Waals surface area contributed by atoms with Crippen molar-refractivity contribution in [3.8, 4) is 11.6 Å². The van der Waals surface area contributed by atoms with Crippen LogP contribution in [0.2, 0.25) is 0 Å². The molecule has 1 aromatic carbocycles. The first-order chi connectivity index (χ1) is 13.8. The third kappa shape index (κ3) is 4.31. The maximum atomic E-state index is 5.96. The lowest BCUT2D eigenvalue weighted by molar-refractivity contribution is 0.205. The van der Waals surface area contributed by atoms with Crippen LogP contribution in [0.1, 0.15) is 12.1 Å². The van der Waals surface area contributed by atoms with Gasteiger partial charge in [0.1, 0.15) is 6.10 Å². The van der Waals surface area contributed by atoms with Gasteiger partial charge in [0.2, 0.25) is 5.88 Å². The van der Waals surface area contributed by atoms with E-state index in [2.05, 4.69) is 25.3 Å². The van der Waals surface area contributed by atoms with Crippen LogP contribution in [0.25, 0.3) is 5.69 Å². The standard InChI is InChI=1S/C21H24N6O/c1-22-21(26-13-11-19(16-26)28-20-9-5-6-12-23-20)24-15-17-10-14-27(25-17)18-7-3-2-4-8-18/h2-10,12,14,19H,11,13,15-16H2,1H3,(H,22,24). The Bertz CT molecular complexity index is 909. The van der Waals surface area contributed by atoms with Crippen LogP contribution in [0.3, 0.4) is 0 Å². The summed E-state index contributed by atoms with van der Waals surface area (Å²) in [6, 6.07) is 17.8. The average Bonchev–Trinajstić information content (AvgIpc) is 3.40. The molecule has 7 heteroatoms. The summed E-state index contributed by atoms with van der Waals surface area (Å²) in [5, 5.41) is 8.04. The fourth-order valence-electron chi connectivity index (χ4n) is 3.29. The molecule has 7 nitrogen and oxygen atoms in total. The molecule has 1 fully saturated rings. The molecule has 0 radical (unpaired) electrons. The van der Waals surface area contributed by atoms with Crippen LogP contribution in [-0.4, -0.2) is 51.9 Å². The van der Waals surface area contributed by atoms with Gasteiger partial charge in [0.25, 0.3) is 0 Å². The van der Waals surface area contributed by atoms with E-state index in [9.17, 15) is 0 Å². The minimum atomic E-state index is 0.116. The third-order valence-electron chi connectivity index (χ3n) is 4.67. The lowest BCUT2D eigenvalue weighted by atomic mass is 10.3. The quantitative estimate of drug-likeness (QED) is 0.547. The van der Waals surface area contributed by atoms with Gasteiger partial charge in [0.05, 0.1) is 24.5 Å². The summed E-state index contributed by atoms with van der Waals surface area (Å²) in [5.41, 5.74) is 2.01. The Hall–Kier alpha value is -3.35. The van der Waals surface area contributed by atoms with Crippen LogP contribution in [0.5, 0.6) is 5.88 Å². The molecule has 4 rings (SSSR count). The van der Waals surface area contributed by atoms with Crippen LogP contribution in [0.4, 0.5) is 0 Å². The second-order valence-corrected chi connectivity index (χ2v) is 6.63. The van der Waals surface area contributed by atoms with Gasteiger partial charge in [-0.25, -0.2) is 9.67 Å². The summed E-state index contributed by atoms with van der Waals surface area (Å²) < 4.78 is 7.85. The van der Waals surface area contributed by atoms with Gasteiger partial charge in [-0.2, -0.15) is 5.10 Å². The molecule has 2 aromatic heterocycles. The van der Waals surface area contributed by atoms with Gasteiger partial charge in [-0.1, -0.05) is 24.3 Å². The summed E-state index contributed by atoms with van der Waals surface area (Å²) in [5.74, 6) is 1.53. The van der Waals surface area contributed by atoms with Crippen LogP contribution in [-0.2, 0) is 6.54 Å². The van der Waals surface area contributed by atoms with Gasteiger partial charge in [-0.15, -0.1) is 0 Å². The van der Waals surface area contributed by atoms with Crippen molar-refractivity contribution in [2.24, 2.45) is 4.99 Å². The van der Waals surface area contributed by atoms with Crippen molar-refractivity contribution in [1.82, 2.24) is 25.0 Å². The fourth-order valence-corrected chi connectivity index (χ4v) is 3.29. The monoisotopic (exact) mass is 376 g/mol. The number of nitrogens with zero attached hydrogens (tertiary/aromatic N) is 5. The molecule has 144 valence electrons. The zero-order valence-corrected chi connectivity index (χ0v) is 15.9. The van der Waals surface area contributed by atoms with E-state index in [0.29, 0.717) is 12.4 Å². The summed E-state index contributed by atoms with van der Waals surface area (Å²) in [4.78, 5) is 10.9. The van der Waals surface area contributed by atoms with Crippen molar-refractivity contribution in [1.29, 1.82) is 0 Å². The number of aliphatic imine (C=N–C) groups is 1. The largest absolute Gasteiger partial charge is 0.472 e. The van der Waals surface area contributed by atoms with E-state index in [1.807, 2.05) is 65.5 Å². The van der Waals surface area contributed by atoms with E-state index in [-0.39, 0.29) is 6.10 Å². The second-order valence-electron chi connectivity index (χ2n) is 6.63. The molecule has 1 saturated heterocycles. The van der Waals surface area contributed by atoms with Gasteiger partial charge in [-0.05, 0) is 24.3 Å². The number of pyridine rings is 1. The highest BCUT2D eigenvalue weighted by Crippen LogP contribution is 2.16. The number of guanidine groups is 1. The highest BCUT2D eigenvalue weighted by Gasteiger charge is 2.26. The molecule has 28 heavy (non-hydrogen) atoms. The molecule has 3 aromatic rings. The Kier molecular flexibility index (Phi) is 5.51. The van der Waals surface area contributed by atoms with Gasteiger partial charge in [0.15, 0.2) is 5.96 Å². The first-order valence-electron chi connectivity index (χ1n) is 9.45. The van der Waals surface area contributed by atoms with Crippen molar-refractivity contribution < 1.29 is 4.74 Å². The number of hydrogen-bond donors (Lipinski definition) is 1. The Balaban J connectivity index is 1.31. The van der Waals surface area contributed by atoms with Crippen molar-refractivity contribution >= 4 is 5.96 Å². The second kappa shape index (κ2) is 8.56. The molecule has 1 unspecified atom stereocenters. The predicted octanol–water partition coefficient (Wildman–Crippen LogP) is 2.50. The van der Waals surface area contributed by atoms with Gasteiger partial charge >= 0.3 is 0 Å². The van der Waals surface area contributed by atoms with Gasteiger partial charge < -0.3 is 15.0 Å². The van der Waals surface area contributed by atoms with E-state index in [1.54, 1.807) is 13.2 Å². The normalized spacial score (nSPS) is 17.0. The molecule has 0 aliphatic carbocycles. The van der Waals surface area contributed by atoms with Crippen LogP contribution in [0.15, 0.2) is 72.0 Å². The Morgan fingerprint density at radius 2 is 2.04 bits per heavy atom. The number of likely N-dealkylation sites (tertiary alicyclic amines) is 1. The van der Waals surface area contributed by atoms with E-state index >= 15 is 0 Å². The summed E-state index contributed by atoms with van der Waals surface area (Å²) in [6.45, 7) is 2.30. The number of para-hydroxylation sites is 1. The highest BCUT2D eigenvalue weighted by atomic mass is 16.5. The lowest BCUT2D eigenvalue weighted by Crippen LogP contribution is -2.40. The molecular weight excluding hydrogens is 352 g/mol. The number of ether oxygens (including phenoxy) is 1. The van der Waals surface area contributed by atoms with Crippen molar-refractivity contribution in [3.63, 3.8) is 0 Å². The Morgan fingerprint density at radius 1 is 1.18 bits per heavy atom. The third-order valence-corrected chi connectivity index (χ3v) is 4.67. The summed E-state index contributed by atoms with van der Waals surface area (Å²) >= 11 is 0. The highest BCUT2D eigenvalue weighted by molar-refractivity contribution is 5.80. The number of aromatic nitrogens is 3. The maximum absolute atomic E-state index is 5.96. The van der Waals surface area contributed by atoms with E-state index in [1.165, 1.54) is 0 Å². The SMILES string of the molecule is CN=C(NCc1ccn(-c2ccccc2)n1)N1CCC(Oc2ccccn2)C1. The molecule has 1 aliphatic rings. The zero-order chi connectivity index (χ0) is 19.2. The molecule has 1 aliphatic heterocycles. The number of rotatable bonds is 5. The van der Waals surface area contributed by atoms with Crippen molar-refractivity contribution in [2.45, 2.75) is 19.1 Å². The molecule has 0 saturated carbocycles. The van der Waals surface area contributed by atoms with Crippen LogP contribution < -0.4 is 10.1 Å². The fraction of sp³-hybridized carbons (Fsp3) is 0.286. The maximum Gasteiger partial charge on any atom is 0.213 e. The van der Waals surface area contributed by atoms with Crippen LogP contribution >= 0.6 is 0 Å². The minimum absolute atomic E-state index is 0.116. The summed E-state index contributed by atoms with van der Waals surface area (Å²) in [6.07, 6.45) is 4.78. The lowest BCUT2D eigenvalue weighted by Gasteiger charge is -2.21. The number of benzene rings is 1. The van der Waals surface area contributed by atoms with Gasteiger partial charge in [0, 0.05) is 38.5 Å². The van der Waals surface area contributed by atoms with Crippen LogP contribution in [0, 0.1) is 0 Å². The molecule has 0 spiro atoms. The molecule has 1 atom stereocenters. The summed E-state index contributed by atoms with van der Waals surface area (Å²) in [7, 11) is 1.80. The Labute approximate surface area is 164 Å². The van der Waals surface area contributed by atoms with E-state index < -0.39 is 0 Å². The number of nitrogens with one attached hydrogen (secondary N) is 1. The predicted molar refractivity (Wildman–Crippen MR) is 109 cm³/mol. The van der Waals surface area contributed by atoms with Gasteiger partial charge in [-0.3, -0.25) is 4.99 Å².